The van der Waals surface area contributed by atoms with Gasteiger partial charge in [-0.25, -0.2) is 8.78 Å². The predicted octanol–water partition coefficient (Wildman–Crippen LogP) is 3.14. The minimum atomic E-state index is -0.875. The van der Waals surface area contributed by atoms with Crippen molar-refractivity contribution in [2.75, 3.05) is 13.1 Å². The van der Waals surface area contributed by atoms with Gasteiger partial charge in [0.1, 0.15) is 11.6 Å². The Hall–Kier alpha value is -1.78. The zero-order chi connectivity index (χ0) is 15.2. The Morgan fingerprint density at radius 2 is 1.90 bits per heavy atom. The molecule has 0 aliphatic rings. The Kier molecular flexibility index (Phi) is 5.42. The molecule has 0 heterocycles. The first kappa shape index (κ1) is 15.6. The Morgan fingerprint density at radius 3 is 2.62 bits per heavy atom. The van der Waals surface area contributed by atoms with Gasteiger partial charge in [0, 0.05) is 12.1 Å². The number of hydrogen-bond acceptors (Lipinski definition) is 2. The molecule has 2 aromatic rings. The molecule has 0 radical (unpaired) electrons. The highest BCUT2D eigenvalue weighted by atomic mass is 19.1. The van der Waals surface area contributed by atoms with Crippen LogP contribution in [0.25, 0.3) is 0 Å². The fourth-order valence-corrected chi connectivity index (χ4v) is 2.26. The van der Waals surface area contributed by atoms with Gasteiger partial charge in [0.05, 0.1) is 6.10 Å². The first-order chi connectivity index (χ1) is 10.1. The molecule has 0 spiro atoms. The van der Waals surface area contributed by atoms with E-state index in [4.69, 9.17) is 0 Å². The van der Waals surface area contributed by atoms with E-state index in [2.05, 4.69) is 5.32 Å². The Bertz CT molecular complexity index is 601. The van der Waals surface area contributed by atoms with Crippen molar-refractivity contribution in [1.82, 2.24) is 5.32 Å². The van der Waals surface area contributed by atoms with Gasteiger partial charge in [0.15, 0.2) is 0 Å². The summed E-state index contributed by atoms with van der Waals surface area (Å²) in [5.41, 5.74) is 2.26. The molecule has 112 valence electrons. The molecule has 21 heavy (non-hydrogen) atoms. The van der Waals surface area contributed by atoms with Gasteiger partial charge in [-0.3, -0.25) is 0 Å². The summed E-state index contributed by atoms with van der Waals surface area (Å²) in [6, 6.07) is 10.9. The molecular weight excluding hydrogens is 272 g/mol. The van der Waals surface area contributed by atoms with Crippen LogP contribution < -0.4 is 5.32 Å². The number of hydrogen-bond donors (Lipinski definition) is 2. The van der Waals surface area contributed by atoms with Crippen LogP contribution in [0.4, 0.5) is 8.78 Å². The lowest BCUT2D eigenvalue weighted by Crippen LogP contribution is -2.24. The first-order valence-electron chi connectivity index (χ1n) is 6.96. The summed E-state index contributed by atoms with van der Waals surface area (Å²) in [6.07, 6.45) is -0.142. The highest BCUT2D eigenvalue weighted by Gasteiger charge is 2.11. The molecule has 0 aliphatic carbocycles. The molecule has 1 atom stereocenters. The maximum absolute atomic E-state index is 13.5. The van der Waals surface area contributed by atoms with Crippen LogP contribution in [0.1, 0.15) is 22.8 Å². The zero-order valence-electron chi connectivity index (χ0n) is 11.9. The lowest BCUT2D eigenvalue weighted by Gasteiger charge is -2.13. The first-order valence-corrected chi connectivity index (χ1v) is 6.96. The summed E-state index contributed by atoms with van der Waals surface area (Å²) < 4.78 is 26.5. The number of rotatable bonds is 6. The van der Waals surface area contributed by atoms with E-state index in [0.29, 0.717) is 12.1 Å². The van der Waals surface area contributed by atoms with Gasteiger partial charge in [0.25, 0.3) is 0 Å². The van der Waals surface area contributed by atoms with E-state index in [0.717, 1.165) is 17.5 Å². The van der Waals surface area contributed by atoms with Crippen LogP contribution in [-0.4, -0.2) is 18.2 Å². The minimum Gasteiger partial charge on any atom is -0.387 e. The van der Waals surface area contributed by atoms with Crippen LogP contribution in [0, 0.1) is 18.6 Å². The number of aryl methyl sites for hydroxylation is 1. The van der Waals surface area contributed by atoms with Crippen LogP contribution in [-0.2, 0) is 6.42 Å². The number of aliphatic hydroxyl groups excluding tert-OH is 1. The number of benzene rings is 2. The van der Waals surface area contributed by atoms with Gasteiger partial charge in [-0.1, -0.05) is 24.3 Å². The van der Waals surface area contributed by atoms with Crippen molar-refractivity contribution < 1.29 is 13.9 Å². The molecule has 0 saturated heterocycles. The lowest BCUT2D eigenvalue weighted by atomic mass is 10.1. The van der Waals surface area contributed by atoms with Crippen LogP contribution in [0.5, 0.6) is 0 Å². The van der Waals surface area contributed by atoms with Gasteiger partial charge in [0.2, 0.25) is 0 Å². The molecule has 2 N–H and O–H groups in total. The lowest BCUT2D eigenvalue weighted by molar-refractivity contribution is 0.170. The number of aliphatic hydroxyl groups is 1. The molecule has 2 aromatic carbocycles. The Balaban J connectivity index is 1.81. The van der Waals surface area contributed by atoms with Crippen molar-refractivity contribution in [1.29, 1.82) is 0 Å². The van der Waals surface area contributed by atoms with E-state index >= 15 is 0 Å². The summed E-state index contributed by atoms with van der Waals surface area (Å²) in [5.74, 6) is -0.639. The normalized spacial score (nSPS) is 12.4. The van der Waals surface area contributed by atoms with Gasteiger partial charge >= 0.3 is 0 Å². The number of halogens is 2. The molecule has 4 heteroatoms. The third-order valence-corrected chi connectivity index (χ3v) is 3.48. The smallest absolute Gasteiger partial charge is 0.129 e. The second-order valence-electron chi connectivity index (χ2n) is 5.06. The summed E-state index contributed by atoms with van der Waals surface area (Å²) in [5, 5.41) is 13.0. The maximum Gasteiger partial charge on any atom is 0.129 e. The van der Waals surface area contributed by atoms with E-state index in [1.807, 2.05) is 6.92 Å². The van der Waals surface area contributed by atoms with Crippen LogP contribution >= 0.6 is 0 Å². The molecule has 2 rings (SSSR count). The average Bonchev–Trinajstić information content (AvgIpc) is 2.45. The van der Waals surface area contributed by atoms with Crippen molar-refractivity contribution >= 4 is 0 Å². The predicted molar refractivity (Wildman–Crippen MR) is 79.1 cm³/mol. The van der Waals surface area contributed by atoms with Crippen LogP contribution in [0.2, 0.25) is 0 Å². The van der Waals surface area contributed by atoms with Gasteiger partial charge in [-0.15, -0.1) is 0 Å². The molecule has 0 saturated carbocycles. The van der Waals surface area contributed by atoms with E-state index < -0.39 is 11.9 Å². The summed E-state index contributed by atoms with van der Waals surface area (Å²) >= 11 is 0. The second-order valence-corrected chi connectivity index (χ2v) is 5.06. The van der Waals surface area contributed by atoms with Crippen LogP contribution in [0.15, 0.2) is 42.5 Å². The maximum atomic E-state index is 13.5. The molecule has 0 aromatic heterocycles. The second kappa shape index (κ2) is 7.29. The fourth-order valence-electron chi connectivity index (χ4n) is 2.26. The van der Waals surface area contributed by atoms with Crippen molar-refractivity contribution in [3.05, 3.63) is 70.8 Å². The Labute approximate surface area is 123 Å². The van der Waals surface area contributed by atoms with Crippen molar-refractivity contribution in [3.63, 3.8) is 0 Å². The zero-order valence-corrected chi connectivity index (χ0v) is 11.9. The fraction of sp³-hybridized carbons (Fsp3) is 0.294. The SMILES string of the molecule is Cc1cc(F)ccc1CCNCC(O)c1ccccc1F. The van der Waals surface area contributed by atoms with E-state index in [1.54, 1.807) is 24.3 Å². The van der Waals surface area contributed by atoms with Gasteiger partial charge < -0.3 is 10.4 Å². The molecule has 0 bridgehead atoms. The van der Waals surface area contributed by atoms with Gasteiger partial charge in [-0.05, 0) is 49.2 Å². The molecule has 0 amide bonds. The standard InChI is InChI=1S/C17H19F2NO/c1-12-10-14(18)7-6-13(12)8-9-20-11-17(21)15-4-2-3-5-16(15)19/h2-7,10,17,20-21H,8-9,11H2,1H3. The van der Waals surface area contributed by atoms with Crippen molar-refractivity contribution in [2.45, 2.75) is 19.4 Å². The van der Waals surface area contributed by atoms with Crippen molar-refractivity contribution in [2.24, 2.45) is 0 Å². The molecule has 1 unspecified atom stereocenters. The van der Waals surface area contributed by atoms with E-state index in [-0.39, 0.29) is 12.4 Å². The van der Waals surface area contributed by atoms with Crippen LogP contribution in [0.3, 0.4) is 0 Å². The third kappa shape index (κ3) is 4.34. The topological polar surface area (TPSA) is 32.3 Å². The summed E-state index contributed by atoms with van der Waals surface area (Å²) in [7, 11) is 0. The summed E-state index contributed by atoms with van der Waals surface area (Å²) in [6.45, 7) is 2.78. The van der Waals surface area contributed by atoms with E-state index in [9.17, 15) is 13.9 Å². The molecule has 0 fully saturated rings. The number of nitrogens with one attached hydrogen (secondary N) is 1. The highest BCUT2D eigenvalue weighted by Crippen LogP contribution is 2.15. The minimum absolute atomic E-state index is 0.237. The largest absolute Gasteiger partial charge is 0.387 e. The Morgan fingerprint density at radius 1 is 1.14 bits per heavy atom. The highest BCUT2D eigenvalue weighted by molar-refractivity contribution is 5.26. The van der Waals surface area contributed by atoms with Crippen molar-refractivity contribution in [3.8, 4) is 0 Å². The molecule has 2 nitrogen and oxygen atoms in total. The van der Waals surface area contributed by atoms with Gasteiger partial charge in [-0.2, -0.15) is 0 Å². The quantitative estimate of drug-likeness (QED) is 0.801. The summed E-state index contributed by atoms with van der Waals surface area (Å²) in [4.78, 5) is 0. The van der Waals surface area contributed by atoms with E-state index in [1.165, 1.54) is 18.2 Å². The molecule has 0 aliphatic heterocycles. The third-order valence-electron chi connectivity index (χ3n) is 3.48. The monoisotopic (exact) mass is 291 g/mol. The average molecular weight is 291 g/mol. The molecular formula is C17H19F2NO.